The molecule has 3 unspecified atom stereocenters. The van der Waals surface area contributed by atoms with Crippen LogP contribution in [0.15, 0.2) is 154 Å². The highest BCUT2D eigenvalue weighted by molar-refractivity contribution is 6.90. The lowest BCUT2D eigenvalue weighted by Gasteiger charge is -2.52. The number of benzene rings is 5. The van der Waals surface area contributed by atoms with Crippen molar-refractivity contribution in [2.45, 2.75) is 19.4 Å². The van der Waals surface area contributed by atoms with Gasteiger partial charge in [0.05, 0.1) is 6.04 Å². The third-order valence-corrected chi connectivity index (χ3v) is 11.3. The fourth-order valence-electron chi connectivity index (χ4n) is 9.58. The summed E-state index contributed by atoms with van der Waals surface area (Å²) in [6.07, 6.45) is 13.1. The first-order valence-electron chi connectivity index (χ1n) is 16.6. The van der Waals surface area contributed by atoms with Crippen LogP contribution in [0.2, 0.25) is 0 Å². The summed E-state index contributed by atoms with van der Waals surface area (Å²) in [7, 11) is 0. The van der Waals surface area contributed by atoms with Gasteiger partial charge in [-0.3, -0.25) is 0 Å². The van der Waals surface area contributed by atoms with Crippen molar-refractivity contribution in [2.75, 3.05) is 4.90 Å². The number of fused-ring (bicyclic) bond motifs is 10. The minimum absolute atomic E-state index is 0.219. The third-order valence-electron chi connectivity index (χ3n) is 11.3. The summed E-state index contributed by atoms with van der Waals surface area (Å²) in [5.74, 6) is 0.516. The SMILES string of the molecule is CC1=CC2=C3B(C4=CC=CC5=c6c(oc7ccccc67)=CC2C45)c2c(ccc4ccccc24)N(c2ccc4ccccc4c2)C3C1. The Hall–Kier alpha value is -5.28. The number of furan rings is 1. The molecule has 1 aromatic heterocycles. The molecule has 46 heavy (non-hydrogen) atoms. The molecule has 216 valence electrons. The molecule has 5 aliphatic rings. The maximum Gasteiger partial charge on any atom is 0.239 e. The molecular formula is C43H30BNO. The smallest absolute Gasteiger partial charge is 0.239 e. The molecule has 2 nitrogen and oxygen atoms in total. The summed E-state index contributed by atoms with van der Waals surface area (Å²) in [5.41, 5.74) is 13.5. The Labute approximate surface area is 267 Å². The molecule has 3 heterocycles. The molecule has 3 heteroatoms. The van der Waals surface area contributed by atoms with E-state index in [0.29, 0.717) is 0 Å². The van der Waals surface area contributed by atoms with E-state index in [1.807, 2.05) is 0 Å². The molecule has 0 saturated carbocycles. The second-order valence-corrected chi connectivity index (χ2v) is 13.7. The van der Waals surface area contributed by atoms with Gasteiger partial charge in [0.15, 0.2) is 0 Å². The molecule has 0 N–H and O–H groups in total. The lowest BCUT2D eigenvalue weighted by Crippen LogP contribution is -2.58. The van der Waals surface area contributed by atoms with E-state index in [-0.39, 0.29) is 24.6 Å². The quantitative estimate of drug-likeness (QED) is 0.181. The normalized spacial score (nSPS) is 22.3. The van der Waals surface area contributed by atoms with Crippen LogP contribution >= 0.6 is 0 Å². The zero-order chi connectivity index (χ0) is 30.1. The molecule has 0 bridgehead atoms. The molecule has 0 spiro atoms. The van der Waals surface area contributed by atoms with Gasteiger partial charge >= 0.3 is 0 Å². The van der Waals surface area contributed by atoms with Crippen molar-refractivity contribution in [1.82, 2.24) is 0 Å². The van der Waals surface area contributed by atoms with Crippen LogP contribution in [0.4, 0.5) is 11.4 Å². The van der Waals surface area contributed by atoms with Crippen LogP contribution in [0.1, 0.15) is 13.3 Å². The molecular weight excluding hydrogens is 557 g/mol. The summed E-state index contributed by atoms with van der Waals surface area (Å²) in [5, 5.41) is 7.72. The average Bonchev–Trinajstić information content (AvgIpc) is 3.48. The predicted molar refractivity (Wildman–Crippen MR) is 192 cm³/mol. The summed E-state index contributed by atoms with van der Waals surface area (Å²) in [6.45, 7) is 2.55. The van der Waals surface area contributed by atoms with Gasteiger partial charge < -0.3 is 9.32 Å². The Kier molecular flexibility index (Phi) is 4.84. The number of anilines is 2. The van der Waals surface area contributed by atoms with E-state index in [0.717, 1.165) is 17.4 Å². The maximum absolute atomic E-state index is 6.59. The zero-order valence-electron chi connectivity index (χ0n) is 25.6. The Morgan fingerprint density at radius 3 is 2.48 bits per heavy atom. The van der Waals surface area contributed by atoms with Crippen LogP contribution in [0, 0.1) is 11.8 Å². The highest BCUT2D eigenvalue weighted by Crippen LogP contribution is 2.54. The van der Waals surface area contributed by atoms with E-state index >= 15 is 0 Å². The van der Waals surface area contributed by atoms with Crippen LogP contribution in [0.5, 0.6) is 0 Å². The van der Waals surface area contributed by atoms with Gasteiger partial charge in [-0.05, 0) is 81.8 Å². The standard InChI is InChI=1S/C43H30BNO/c1-25-21-34-33-24-39-41(31-13-6-7-16-38(31)46-39)32-14-8-15-35(40(32)33)44-42-30-12-5-4-10-27(30)18-20-36(42)45(37(22-25)43(34)44)29-19-17-26-9-2-3-11-28(26)23-29/h2-21,23-24,33,37,40H,22H2,1H3. The van der Waals surface area contributed by atoms with E-state index in [9.17, 15) is 0 Å². The minimum atomic E-state index is 0.219. The van der Waals surface area contributed by atoms with Crippen molar-refractivity contribution < 1.29 is 4.42 Å². The average molecular weight is 588 g/mol. The summed E-state index contributed by atoms with van der Waals surface area (Å²) >= 11 is 0. The largest absolute Gasteiger partial charge is 0.456 e. The van der Waals surface area contributed by atoms with Crippen LogP contribution in [0.25, 0.3) is 44.2 Å². The number of rotatable bonds is 1. The summed E-state index contributed by atoms with van der Waals surface area (Å²) in [6, 6.07) is 38.3. The molecule has 0 saturated heterocycles. The molecule has 3 aliphatic carbocycles. The lowest BCUT2D eigenvalue weighted by molar-refractivity contribution is 0.550. The second-order valence-electron chi connectivity index (χ2n) is 13.7. The van der Waals surface area contributed by atoms with Crippen molar-refractivity contribution >= 4 is 67.7 Å². The predicted octanol–water partition coefficient (Wildman–Crippen LogP) is 8.07. The minimum Gasteiger partial charge on any atom is -0.456 e. The van der Waals surface area contributed by atoms with E-state index in [2.05, 4.69) is 145 Å². The zero-order valence-corrected chi connectivity index (χ0v) is 25.6. The fraction of sp³-hybridized carbons (Fsp3) is 0.116. The van der Waals surface area contributed by atoms with Gasteiger partial charge in [-0.2, -0.15) is 0 Å². The van der Waals surface area contributed by atoms with Crippen LogP contribution in [-0.4, -0.2) is 12.8 Å². The first-order chi connectivity index (χ1) is 22.7. The van der Waals surface area contributed by atoms with E-state index in [1.165, 1.54) is 71.2 Å². The van der Waals surface area contributed by atoms with E-state index in [4.69, 9.17) is 4.42 Å². The summed E-state index contributed by atoms with van der Waals surface area (Å²) < 4.78 is 6.59. The van der Waals surface area contributed by atoms with Crippen LogP contribution in [-0.2, 0) is 0 Å². The van der Waals surface area contributed by atoms with Gasteiger partial charge in [0.25, 0.3) is 0 Å². The number of hydrogen-bond donors (Lipinski definition) is 0. The molecule has 0 amide bonds. The number of allylic oxidation sites excluding steroid dienone is 6. The van der Waals surface area contributed by atoms with Crippen molar-refractivity contribution in [3.63, 3.8) is 0 Å². The molecule has 0 fully saturated rings. The molecule has 5 aromatic carbocycles. The number of hydrogen-bond acceptors (Lipinski definition) is 2. The monoisotopic (exact) mass is 587 g/mol. The molecule has 6 aromatic rings. The summed E-state index contributed by atoms with van der Waals surface area (Å²) in [4.78, 5) is 2.68. The Bertz CT molecular complexity index is 2610. The van der Waals surface area contributed by atoms with Gasteiger partial charge in [-0.25, -0.2) is 0 Å². The molecule has 2 aliphatic heterocycles. The second kappa shape index (κ2) is 8.92. The molecule has 0 radical (unpaired) electrons. The topological polar surface area (TPSA) is 16.4 Å². The Balaban J connectivity index is 1.26. The maximum atomic E-state index is 6.59. The Morgan fingerprint density at radius 2 is 1.57 bits per heavy atom. The van der Waals surface area contributed by atoms with Crippen molar-refractivity contribution in [3.05, 3.63) is 160 Å². The van der Waals surface area contributed by atoms with Gasteiger partial charge in [0, 0.05) is 33.8 Å². The van der Waals surface area contributed by atoms with Gasteiger partial charge in [0.2, 0.25) is 6.71 Å². The van der Waals surface area contributed by atoms with Crippen molar-refractivity contribution in [1.29, 1.82) is 0 Å². The van der Waals surface area contributed by atoms with Crippen LogP contribution < -0.4 is 21.0 Å². The van der Waals surface area contributed by atoms with E-state index in [1.54, 1.807) is 5.47 Å². The van der Waals surface area contributed by atoms with Gasteiger partial charge in [0.1, 0.15) is 11.0 Å². The fourth-order valence-corrected chi connectivity index (χ4v) is 9.58. The number of nitrogens with zero attached hydrogens (tertiary/aromatic N) is 1. The van der Waals surface area contributed by atoms with Crippen molar-refractivity contribution in [3.8, 4) is 0 Å². The lowest BCUT2D eigenvalue weighted by atomic mass is 9.26. The van der Waals surface area contributed by atoms with E-state index < -0.39 is 0 Å². The van der Waals surface area contributed by atoms with Gasteiger partial charge in [-0.1, -0.05) is 120 Å². The third kappa shape index (κ3) is 3.18. The van der Waals surface area contributed by atoms with Crippen LogP contribution in [0.3, 0.4) is 0 Å². The molecule has 3 atom stereocenters. The highest BCUT2D eigenvalue weighted by atomic mass is 16.3. The van der Waals surface area contributed by atoms with Gasteiger partial charge in [-0.15, -0.1) is 0 Å². The first-order valence-corrected chi connectivity index (χ1v) is 16.6. The molecule has 11 rings (SSSR count). The highest BCUT2D eigenvalue weighted by Gasteiger charge is 2.52. The first kappa shape index (κ1) is 25.0. The number of para-hydroxylation sites is 1. The Morgan fingerprint density at radius 1 is 0.783 bits per heavy atom. The van der Waals surface area contributed by atoms with Crippen molar-refractivity contribution in [2.24, 2.45) is 11.8 Å².